The van der Waals surface area contributed by atoms with E-state index in [-0.39, 0.29) is 11.3 Å². The Morgan fingerprint density at radius 2 is 1.89 bits per heavy atom. The number of alkyl halides is 3. The van der Waals surface area contributed by atoms with E-state index >= 15 is 0 Å². The van der Waals surface area contributed by atoms with Crippen molar-refractivity contribution in [1.29, 1.82) is 0 Å². The summed E-state index contributed by atoms with van der Waals surface area (Å²) in [6.45, 7) is 2.57. The molecule has 0 N–H and O–H groups in total. The van der Waals surface area contributed by atoms with Crippen molar-refractivity contribution < 1.29 is 22.6 Å². The lowest BCUT2D eigenvalue weighted by Gasteiger charge is -2.14. The summed E-state index contributed by atoms with van der Waals surface area (Å²) in [5.41, 5.74) is -0.332. The Bertz CT molecular complexity index is 375. The Morgan fingerprint density at radius 3 is 2.44 bits per heavy atom. The maximum Gasteiger partial charge on any atom is 0.416 e. The van der Waals surface area contributed by atoms with Crippen LogP contribution in [0.25, 0.3) is 0 Å². The Labute approximate surface area is 105 Å². The van der Waals surface area contributed by atoms with Crippen LogP contribution in [-0.2, 0) is 17.3 Å². The molecule has 0 saturated heterocycles. The van der Waals surface area contributed by atoms with Crippen molar-refractivity contribution in [2.75, 3.05) is 20.3 Å². The van der Waals surface area contributed by atoms with Gasteiger partial charge in [0.15, 0.2) is 0 Å². The number of ether oxygens (including phenoxy) is 2. The third kappa shape index (κ3) is 4.22. The van der Waals surface area contributed by atoms with Gasteiger partial charge in [-0.3, -0.25) is 0 Å². The van der Waals surface area contributed by atoms with Crippen LogP contribution in [0.15, 0.2) is 18.2 Å². The van der Waals surface area contributed by atoms with Gasteiger partial charge in [0.25, 0.3) is 0 Å². The molecule has 0 unspecified atom stereocenters. The molecule has 5 heteroatoms. The number of aryl methyl sites for hydroxylation is 1. The lowest BCUT2D eigenvalue weighted by molar-refractivity contribution is -0.138. The molecule has 0 saturated carbocycles. The summed E-state index contributed by atoms with van der Waals surface area (Å²) in [5.74, 6) is 0.246. The van der Waals surface area contributed by atoms with E-state index in [1.54, 1.807) is 20.1 Å². The van der Waals surface area contributed by atoms with Gasteiger partial charge in [0.05, 0.1) is 12.2 Å². The second-order valence-corrected chi connectivity index (χ2v) is 3.87. The molecule has 0 aliphatic carbocycles. The standard InChI is InChI=1S/C13H17F3O2/c1-3-10-5-6-11(18-8-4-7-17-2)9-12(10)13(14,15)16/h5-6,9H,3-4,7-8H2,1-2H3. The highest BCUT2D eigenvalue weighted by Gasteiger charge is 2.33. The fraction of sp³-hybridized carbons (Fsp3) is 0.538. The highest BCUT2D eigenvalue weighted by molar-refractivity contribution is 5.37. The van der Waals surface area contributed by atoms with Gasteiger partial charge < -0.3 is 9.47 Å². The molecule has 0 fully saturated rings. The summed E-state index contributed by atoms with van der Waals surface area (Å²) in [7, 11) is 1.57. The molecular weight excluding hydrogens is 245 g/mol. The molecule has 0 aliphatic rings. The van der Waals surface area contributed by atoms with E-state index in [9.17, 15) is 13.2 Å². The molecule has 0 radical (unpaired) electrons. The van der Waals surface area contributed by atoms with Gasteiger partial charge in [-0.05, 0) is 24.1 Å². The minimum atomic E-state index is -4.34. The second kappa shape index (κ2) is 6.64. The van der Waals surface area contributed by atoms with Crippen LogP contribution >= 0.6 is 0 Å². The van der Waals surface area contributed by atoms with Crippen molar-refractivity contribution in [1.82, 2.24) is 0 Å². The normalized spacial score (nSPS) is 11.6. The van der Waals surface area contributed by atoms with Crippen LogP contribution in [0.5, 0.6) is 5.75 Å². The van der Waals surface area contributed by atoms with Crippen LogP contribution < -0.4 is 4.74 Å². The molecule has 0 spiro atoms. The van der Waals surface area contributed by atoms with E-state index in [2.05, 4.69) is 0 Å². The molecule has 1 rings (SSSR count). The molecule has 0 atom stereocenters. The van der Waals surface area contributed by atoms with E-state index in [4.69, 9.17) is 9.47 Å². The summed E-state index contributed by atoms with van der Waals surface area (Å²) in [6.07, 6.45) is -3.34. The van der Waals surface area contributed by atoms with Crippen LogP contribution in [-0.4, -0.2) is 20.3 Å². The molecule has 1 aromatic carbocycles. The Hall–Kier alpha value is -1.23. The second-order valence-electron chi connectivity index (χ2n) is 3.87. The zero-order chi connectivity index (χ0) is 13.6. The number of benzene rings is 1. The van der Waals surface area contributed by atoms with Gasteiger partial charge in [-0.2, -0.15) is 13.2 Å². The van der Waals surface area contributed by atoms with Gasteiger partial charge in [0.1, 0.15) is 5.75 Å². The highest BCUT2D eigenvalue weighted by atomic mass is 19.4. The van der Waals surface area contributed by atoms with Crippen molar-refractivity contribution in [2.45, 2.75) is 25.9 Å². The van der Waals surface area contributed by atoms with Crippen LogP contribution in [0, 0.1) is 0 Å². The van der Waals surface area contributed by atoms with Crippen LogP contribution in [0.3, 0.4) is 0 Å². The van der Waals surface area contributed by atoms with Gasteiger partial charge in [0, 0.05) is 20.1 Å². The van der Waals surface area contributed by atoms with Crippen LogP contribution in [0.2, 0.25) is 0 Å². The Balaban J connectivity index is 2.77. The number of hydrogen-bond donors (Lipinski definition) is 0. The zero-order valence-electron chi connectivity index (χ0n) is 10.5. The first-order valence-electron chi connectivity index (χ1n) is 5.81. The first-order chi connectivity index (χ1) is 8.49. The SMILES string of the molecule is CCc1ccc(OCCCOC)cc1C(F)(F)F. The first-order valence-corrected chi connectivity index (χ1v) is 5.81. The summed E-state index contributed by atoms with van der Waals surface area (Å²) in [6, 6.07) is 4.10. The van der Waals surface area contributed by atoms with E-state index in [0.29, 0.717) is 26.1 Å². The molecule has 0 amide bonds. The van der Waals surface area contributed by atoms with Gasteiger partial charge in [-0.1, -0.05) is 13.0 Å². The summed E-state index contributed by atoms with van der Waals surface area (Å²) >= 11 is 0. The number of hydrogen-bond acceptors (Lipinski definition) is 2. The van der Waals surface area contributed by atoms with Crippen LogP contribution in [0.4, 0.5) is 13.2 Å². The monoisotopic (exact) mass is 262 g/mol. The van der Waals surface area contributed by atoms with Crippen LogP contribution in [0.1, 0.15) is 24.5 Å². The quantitative estimate of drug-likeness (QED) is 0.728. The van der Waals surface area contributed by atoms with E-state index in [1.165, 1.54) is 6.07 Å². The zero-order valence-corrected chi connectivity index (χ0v) is 10.5. The molecule has 2 nitrogen and oxygen atoms in total. The molecular formula is C13H17F3O2. The van der Waals surface area contributed by atoms with Crippen molar-refractivity contribution in [3.63, 3.8) is 0 Å². The maximum absolute atomic E-state index is 12.8. The molecule has 102 valence electrons. The minimum Gasteiger partial charge on any atom is -0.493 e. The lowest BCUT2D eigenvalue weighted by Crippen LogP contribution is -2.10. The fourth-order valence-corrected chi connectivity index (χ4v) is 1.61. The highest BCUT2D eigenvalue weighted by Crippen LogP contribution is 2.34. The van der Waals surface area contributed by atoms with Gasteiger partial charge in [-0.25, -0.2) is 0 Å². The average molecular weight is 262 g/mol. The number of halogens is 3. The minimum absolute atomic E-state index is 0.246. The first kappa shape index (κ1) is 14.8. The molecule has 0 aliphatic heterocycles. The van der Waals surface area contributed by atoms with E-state index in [0.717, 1.165) is 6.07 Å². The molecule has 18 heavy (non-hydrogen) atoms. The lowest BCUT2D eigenvalue weighted by atomic mass is 10.0. The maximum atomic E-state index is 12.8. The number of rotatable bonds is 6. The van der Waals surface area contributed by atoms with Crippen molar-refractivity contribution in [3.05, 3.63) is 29.3 Å². The summed E-state index contributed by atoms with van der Waals surface area (Å²) < 4.78 is 48.4. The Kier molecular flexibility index (Phi) is 5.47. The third-order valence-electron chi connectivity index (χ3n) is 2.53. The predicted octanol–water partition coefficient (Wildman–Crippen LogP) is 3.68. The smallest absolute Gasteiger partial charge is 0.416 e. The molecule has 0 bridgehead atoms. The van der Waals surface area contributed by atoms with Crippen molar-refractivity contribution >= 4 is 0 Å². The number of methoxy groups -OCH3 is 1. The van der Waals surface area contributed by atoms with E-state index in [1.807, 2.05) is 0 Å². The fourth-order valence-electron chi connectivity index (χ4n) is 1.61. The molecule has 0 aromatic heterocycles. The van der Waals surface area contributed by atoms with Crippen molar-refractivity contribution in [3.8, 4) is 5.75 Å². The van der Waals surface area contributed by atoms with Crippen molar-refractivity contribution in [2.24, 2.45) is 0 Å². The topological polar surface area (TPSA) is 18.5 Å². The Morgan fingerprint density at radius 1 is 1.17 bits per heavy atom. The average Bonchev–Trinajstić information content (AvgIpc) is 2.33. The predicted molar refractivity (Wildman–Crippen MR) is 62.8 cm³/mol. The largest absolute Gasteiger partial charge is 0.493 e. The van der Waals surface area contributed by atoms with Gasteiger partial charge in [-0.15, -0.1) is 0 Å². The third-order valence-corrected chi connectivity index (χ3v) is 2.53. The van der Waals surface area contributed by atoms with Gasteiger partial charge >= 0.3 is 6.18 Å². The summed E-state index contributed by atoms with van der Waals surface area (Å²) in [4.78, 5) is 0. The molecule has 1 aromatic rings. The molecule has 0 heterocycles. The van der Waals surface area contributed by atoms with E-state index < -0.39 is 11.7 Å². The summed E-state index contributed by atoms with van der Waals surface area (Å²) in [5, 5.41) is 0. The van der Waals surface area contributed by atoms with Gasteiger partial charge in [0.2, 0.25) is 0 Å².